The van der Waals surface area contributed by atoms with E-state index in [1.807, 2.05) is 0 Å². The van der Waals surface area contributed by atoms with Gasteiger partial charge in [0.15, 0.2) is 0 Å². The molecule has 2 aliphatic rings. The van der Waals surface area contributed by atoms with Gasteiger partial charge in [0.2, 0.25) is 0 Å². The molecule has 0 saturated carbocycles. The van der Waals surface area contributed by atoms with E-state index in [4.69, 9.17) is 8.83 Å². The number of hydrogen-bond acceptors (Lipinski definition) is 4. The van der Waals surface area contributed by atoms with Crippen LogP contribution in [0.4, 0.5) is 34.1 Å². The lowest BCUT2D eigenvalue weighted by Gasteiger charge is -2.46. The van der Waals surface area contributed by atoms with E-state index in [0.717, 1.165) is 167 Å². The summed E-state index contributed by atoms with van der Waals surface area (Å²) in [7, 11) is 0. The van der Waals surface area contributed by atoms with Crippen molar-refractivity contribution in [2.24, 2.45) is 0 Å². The standard InChI is InChI=1S/C94H65BN2O2/c1-94(2,3)70-58-83-91-84(59-70)97(93-77(64-36-18-8-19-37-64)54-69(61-30-12-5-13-31-61)55-78(93)65-38-20-9-21-39-65)82-51-49-67(72-43-27-47-88-90(72)74-41-23-25-45-86(74)99-88)57-80(82)95(91)79-56-66(71-42-26-46-87-89(71)73-40-22-24-44-85(73)98-87)48-50-81(79)96(83)92-75(62-32-14-6-15-33-62)52-68(60-28-10-4-11-29-60)53-76(92)63-34-16-7-17-35-63/h4-59H,1-3H3. The van der Waals surface area contributed by atoms with Crippen LogP contribution in [-0.4, -0.2) is 6.71 Å². The van der Waals surface area contributed by atoms with Crippen LogP contribution < -0.4 is 26.2 Å². The molecule has 0 bridgehead atoms. The van der Waals surface area contributed by atoms with Crippen molar-refractivity contribution in [2.45, 2.75) is 26.2 Å². The van der Waals surface area contributed by atoms with Crippen molar-refractivity contribution in [2.75, 3.05) is 9.80 Å². The fraction of sp³-hybridized carbons (Fsp3) is 0.0426. The first-order chi connectivity index (χ1) is 48.8. The molecule has 15 aromatic carbocycles. The molecule has 19 rings (SSSR count). The highest BCUT2D eigenvalue weighted by molar-refractivity contribution is 7.00. The second-order valence-electron chi connectivity index (χ2n) is 27.4. The molecule has 5 heteroatoms. The fourth-order valence-corrected chi connectivity index (χ4v) is 16.0. The van der Waals surface area contributed by atoms with Gasteiger partial charge >= 0.3 is 0 Å². The molecule has 17 aromatic rings. The van der Waals surface area contributed by atoms with Crippen molar-refractivity contribution in [1.82, 2.24) is 0 Å². The molecule has 4 nitrogen and oxygen atoms in total. The van der Waals surface area contributed by atoms with Crippen molar-refractivity contribution in [3.8, 4) is 89.0 Å². The van der Waals surface area contributed by atoms with Crippen LogP contribution in [0.5, 0.6) is 0 Å². The van der Waals surface area contributed by atoms with Gasteiger partial charge in [-0.05, 0) is 167 Å². The molecule has 0 N–H and O–H groups in total. The lowest BCUT2D eigenvalue weighted by Crippen LogP contribution is -2.61. The molecule has 0 saturated heterocycles. The van der Waals surface area contributed by atoms with Crippen LogP contribution in [0.25, 0.3) is 133 Å². The maximum Gasteiger partial charge on any atom is 0.252 e. The summed E-state index contributed by atoms with van der Waals surface area (Å²) in [6.07, 6.45) is 0. The first-order valence-electron chi connectivity index (χ1n) is 34.3. The monoisotopic (exact) mass is 1260 g/mol. The number of hydrogen-bond donors (Lipinski definition) is 0. The molecule has 0 fully saturated rings. The third kappa shape index (κ3) is 9.59. The molecule has 2 aliphatic heterocycles. The zero-order chi connectivity index (χ0) is 65.9. The molecule has 0 spiro atoms. The maximum absolute atomic E-state index is 6.71. The van der Waals surface area contributed by atoms with Crippen molar-refractivity contribution >= 4 is 101 Å². The average Bonchev–Trinajstić information content (AvgIpc) is 0.981. The number of benzene rings is 15. The van der Waals surface area contributed by atoms with Gasteiger partial charge in [-0.25, -0.2) is 0 Å². The first kappa shape index (κ1) is 58.0. The Morgan fingerprint density at radius 1 is 0.253 bits per heavy atom. The van der Waals surface area contributed by atoms with Gasteiger partial charge in [-0.15, -0.1) is 0 Å². The third-order valence-corrected chi connectivity index (χ3v) is 20.6. The lowest BCUT2D eigenvalue weighted by atomic mass is 9.33. The van der Waals surface area contributed by atoms with E-state index in [1.54, 1.807) is 0 Å². The molecule has 0 radical (unpaired) electrons. The summed E-state index contributed by atoms with van der Waals surface area (Å²) in [5.74, 6) is 0. The molecule has 2 aromatic heterocycles. The molecule has 0 atom stereocenters. The zero-order valence-corrected chi connectivity index (χ0v) is 55.1. The number of fused-ring (bicyclic) bond motifs is 10. The van der Waals surface area contributed by atoms with Crippen LogP contribution in [0.2, 0.25) is 0 Å². The quantitative estimate of drug-likeness (QED) is 0.128. The van der Waals surface area contributed by atoms with E-state index in [0.29, 0.717) is 0 Å². The highest BCUT2D eigenvalue weighted by Crippen LogP contribution is 2.56. The molecule has 99 heavy (non-hydrogen) atoms. The van der Waals surface area contributed by atoms with Crippen LogP contribution in [0.15, 0.2) is 349 Å². The molecule has 466 valence electrons. The van der Waals surface area contributed by atoms with E-state index >= 15 is 0 Å². The predicted octanol–water partition coefficient (Wildman–Crippen LogP) is 24.2. The van der Waals surface area contributed by atoms with Crippen LogP contribution in [0, 0.1) is 0 Å². The highest BCUT2D eigenvalue weighted by atomic mass is 16.3. The van der Waals surface area contributed by atoms with Crippen molar-refractivity contribution in [1.29, 1.82) is 0 Å². The van der Waals surface area contributed by atoms with Crippen LogP contribution in [-0.2, 0) is 5.41 Å². The van der Waals surface area contributed by atoms with Crippen molar-refractivity contribution < 1.29 is 8.83 Å². The Morgan fingerprint density at radius 2 is 0.576 bits per heavy atom. The number of rotatable bonds is 10. The second-order valence-corrected chi connectivity index (χ2v) is 27.4. The number of furan rings is 2. The minimum Gasteiger partial charge on any atom is -0.456 e. The molecule has 0 amide bonds. The third-order valence-electron chi connectivity index (χ3n) is 20.6. The predicted molar refractivity (Wildman–Crippen MR) is 417 cm³/mol. The topological polar surface area (TPSA) is 32.8 Å². The van der Waals surface area contributed by atoms with E-state index < -0.39 is 0 Å². The number of nitrogens with zero attached hydrogens (tertiary/aromatic N) is 2. The summed E-state index contributed by atoms with van der Waals surface area (Å²) in [4.78, 5) is 5.36. The second kappa shape index (κ2) is 23.2. The minimum absolute atomic E-state index is 0.310. The molecule has 0 aliphatic carbocycles. The average molecular weight is 1270 g/mol. The largest absolute Gasteiger partial charge is 0.456 e. The van der Waals surface area contributed by atoms with Gasteiger partial charge in [0.1, 0.15) is 22.3 Å². The number of anilines is 6. The Kier molecular flexibility index (Phi) is 13.6. The van der Waals surface area contributed by atoms with Crippen LogP contribution >= 0.6 is 0 Å². The van der Waals surface area contributed by atoms with Crippen molar-refractivity contribution in [3.05, 3.63) is 345 Å². The van der Waals surface area contributed by atoms with E-state index in [-0.39, 0.29) is 12.1 Å². The molecule has 0 unspecified atom stereocenters. The Morgan fingerprint density at radius 3 is 0.929 bits per heavy atom. The van der Waals surface area contributed by atoms with Gasteiger partial charge in [0.25, 0.3) is 6.71 Å². The Balaban J connectivity index is 1.000. The minimum atomic E-state index is -0.325. The maximum atomic E-state index is 6.71. The van der Waals surface area contributed by atoms with Gasteiger partial charge in [-0.1, -0.05) is 288 Å². The van der Waals surface area contributed by atoms with Crippen molar-refractivity contribution in [3.63, 3.8) is 0 Å². The first-order valence-corrected chi connectivity index (χ1v) is 34.3. The van der Waals surface area contributed by atoms with Gasteiger partial charge < -0.3 is 18.6 Å². The van der Waals surface area contributed by atoms with E-state index in [2.05, 4.69) is 370 Å². The molecule has 4 heterocycles. The zero-order valence-electron chi connectivity index (χ0n) is 55.1. The Labute approximate surface area is 576 Å². The van der Waals surface area contributed by atoms with Gasteiger partial charge in [0.05, 0.1) is 11.4 Å². The molecular formula is C94H65BN2O2. The van der Waals surface area contributed by atoms with Gasteiger partial charge in [0, 0.05) is 66.5 Å². The summed E-state index contributed by atoms with van der Waals surface area (Å²) in [5.41, 5.74) is 32.6. The fourth-order valence-electron chi connectivity index (χ4n) is 16.0. The summed E-state index contributed by atoms with van der Waals surface area (Å²) < 4.78 is 13.4. The summed E-state index contributed by atoms with van der Waals surface area (Å²) in [5, 5.41) is 4.39. The smallest absolute Gasteiger partial charge is 0.252 e. The lowest BCUT2D eigenvalue weighted by molar-refractivity contribution is 0.590. The molecular weight excluding hydrogens is 1200 g/mol. The van der Waals surface area contributed by atoms with Crippen LogP contribution in [0.3, 0.4) is 0 Å². The van der Waals surface area contributed by atoms with E-state index in [1.165, 1.54) is 22.0 Å². The Hall–Kier alpha value is -12.4. The summed E-state index contributed by atoms with van der Waals surface area (Å²) >= 11 is 0. The van der Waals surface area contributed by atoms with Crippen LogP contribution in [0.1, 0.15) is 26.3 Å². The Bertz CT molecular complexity index is 5530. The van der Waals surface area contributed by atoms with Gasteiger partial charge in [-0.2, -0.15) is 0 Å². The normalized spacial score (nSPS) is 12.5. The number of para-hydroxylation sites is 2. The summed E-state index contributed by atoms with van der Waals surface area (Å²) in [6.45, 7) is 6.81. The van der Waals surface area contributed by atoms with Gasteiger partial charge in [-0.3, -0.25) is 0 Å². The van der Waals surface area contributed by atoms with E-state index in [9.17, 15) is 0 Å². The SMILES string of the molecule is CC(C)(C)c1cc2c3c(c1)N(c1c(-c4ccccc4)cc(-c4ccccc4)cc1-c1ccccc1)c1ccc(-c4cccc5oc6ccccc6c45)cc1B3c1cc(-c3cccc4oc5ccccc5c34)ccc1N2c1c(-c2ccccc2)cc(-c2ccccc2)cc1-c1ccccc1. The highest BCUT2D eigenvalue weighted by Gasteiger charge is 2.46. The summed E-state index contributed by atoms with van der Waals surface area (Å²) in [6, 6.07) is 126.